The van der Waals surface area contributed by atoms with Crippen molar-refractivity contribution in [3.05, 3.63) is 30.3 Å². The van der Waals surface area contributed by atoms with E-state index in [4.69, 9.17) is 10.5 Å². The van der Waals surface area contributed by atoms with E-state index in [9.17, 15) is 14.4 Å². The molecule has 1 aliphatic heterocycles. The number of nitrogens with zero attached hydrogens (tertiary/aromatic N) is 2. The second-order valence-electron chi connectivity index (χ2n) is 8.70. The van der Waals surface area contributed by atoms with Gasteiger partial charge in [0.05, 0.1) is 6.54 Å². The number of carbonyl (C=O) groups is 3. The topological polar surface area (TPSA) is 105 Å². The zero-order chi connectivity index (χ0) is 22.1. The van der Waals surface area contributed by atoms with Crippen LogP contribution in [0.2, 0.25) is 0 Å². The molecule has 3 amide bonds. The van der Waals surface area contributed by atoms with E-state index in [0.717, 1.165) is 31.6 Å². The Morgan fingerprint density at radius 3 is 2.37 bits per heavy atom. The van der Waals surface area contributed by atoms with Gasteiger partial charge in [0, 0.05) is 25.2 Å². The summed E-state index contributed by atoms with van der Waals surface area (Å²) in [6.45, 7) is 8.22. The summed E-state index contributed by atoms with van der Waals surface area (Å²) in [6.07, 6.45) is 1.53. The molecule has 2 rings (SSSR count). The van der Waals surface area contributed by atoms with Gasteiger partial charge in [-0.2, -0.15) is 0 Å². The highest BCUT2D eigenvalue weighted by molar-refractivity contribution is 5.95. The molecule has 166 valence electrons. The normalized spacial score (nSPS) is 15.4. The van der Waals surface area contributed by atoms with Gasteiger partial charge < -0.3 is 20.7 Å². The van der Waals surface area contributed by atoms with E-state index in [1.165, 1.54) is 0 Å². The highest BCUT2D eigenvalue weighted by Gasteiger charge is 2.25. The van der Waals surface area contributed by atoms with Crippen LogP contribution in [0.3, 0.4) is 0 Å². The molecule has 0 atom stereocenters. The minimum absolute atomic E-state index is 0.0484. The molecule has 8 heteroatoms. The van der Waals surface area contributed by atoms with Crippen LogP contribution in [0, 0.1) is 5.92 Å². The van der Waals surface area contributed by atoms with Gasteiger partial charge in [-0.15, -0.1) is 0 Å². The van der Waals surface area contributed by atoms with Crippen molar-refractivity contribution in [2.24, 2.45) is 11.7 Å². The number of carbonyl (C=O) groups excluding carboxylic acids is 3. The molecular formula is C22H34N4O4. The molecular weight excluding hydrogens is 384 g/mol. The first-order valence-corrected chi connectivity index (χ1v) is 10.5. The molecule has 1 aromatic carbocycles. The molecule has 0 saturated carbocycles. The predicted molar refractivity (Wildman–Crippen MR) is 116 cm³/mol. The van der Waals surface area contributed by atoms with Gasteiger partial charge in [0.2, 0.25) is 11.8 Å². The first-order chi connectivity index (χ1) is 14.1. The number of amides is 3. The van der Waals surface area contributed by atoms with Crippen molar-refractivity contribution < 1.29 is 19.1 Å². The van der Waals surface area contributed by atoms with Gasteiger partial charge in [-0.05, 0) is 64.8 Å². The number of benzene rings is 1. The smallest absolute Gasteiger partial charge is 0.407 e. The lowest BCUT2D eigenvalue weighted by Crippen LogP contribution is -2.45. The third-order valence-corrected chi connectivity index (χ3v) is 4.95. The number of para-hydroxylation sites is 1. The highest BCUT2D eigenvalue weighted by atomic mass is 16.6. The Morgan fingerprint density at radius 2 is 1.80 bits per heavy atom. The number of hydrogen-bond donors (Lipinski definition) is 2. The Hall–Kier alpha value is -2.61. The monoisotopic (exact) mass is 418 g/mol. The number of piperidine rings is 1. The van der Waals surface area contributed by atoms with Crippen LogP contribution in [0.4, 0.5) is 10.5 Å². The van der Waals surface area contributed by atoms with Crippen LogP contribution in [-0.4, -0.2) is 61.1 Å². The number of hydrogen-bond acceptors (Lipinski definition) is 5. The maximum absolute atomic E-state index is 12.9. The fourth-order valence-corrected chi connectivity index (χ4v) is 3.39. The number of nitrogens with two attached hydrogens (primary N) is 1. The second kappa shape index (κ2) is 11.0. The summed E-state index contributed by atoms with van der Waals surface area (Å²) < 4.78 is 5.27. The van der Waals surface area contributed by atoms with Crippen LogP contribution in [0.1, 0.15) is 40.0 Å². The number of alkyl carbamates (subject to hydrolysis) is 1. The number of primary amides is 1. The predicted octanol–water partition coefficient (Wildman–Crippen LogP) is 2.13. The summed E-state index contributed by atoms with van der Waals surface area (Å²) in [5.41, 5.74) is 5.53. The van der Waals surface area contributed by atoms with Gasteiger partial charge in [-0.25, -0.2) is 4.79 Å². The molecule has 1 aromatic rings. The molecule has 1 heterocycles. The van der Waals surface area contributed by atoms with Crippen LogP contribution < -0.4 is 16.0 Å². The van der Waals surface area contributed by atoms with Crippen LogP contribution in [0.25, 0.3) is 0 Å². The molecule has 0 spiro atoms. The van der Waals surface area contributed by atoms with Gasteiger partial charge in [-0.3, -0.25) is 14.5 Å². The van der Waals surface area contributed by atoms with Gasteiger partial charge in [0.15, 0.2) is 0 Å². The molecule has 1 saturated heterocycles. The van der Waals surface area contributed by atoms with Crippen LogP contribution in [0.15, 0.2) is 30.3 Å². The van der Waals surface area contributed by atoms with Crippen molar-refractivity contribution in [3.63, 3.8) is 0 Å². The van der Waals surface area contributed by atoms with E-state index in [1.807, 2.05) is 51.1 Å². The minimum Gasteiger partial charge on any atom is -0.444 e. The largest absolute Gasteiger partial charge is 0.444 e. The summed E-state index contributed by atoms with van der Waals surface area (Å²) in [7, 11) is 0. The molecule has 1 fully saturated rings. The Labute approximate surface area is 178 Å². The molecule has 0 unspecified atom stereocenters. The van der Waals surface area contributed by atoms with E-state index >= 15 is 0 Å². The first-order valence-electron chi connectivity index (χ1n) is 10.5. The number of anilines is 1. The van der Waals surface area contributed by atoms with Crippen molar-refractivity contribution >= 4 is 23.6 Å². The first kappa shape index (κ1) is 23.7. The Balaban J connectivity index is 1.81. The quantitative estimate of drug-likeness (QED) is 0.673. The Morgan fingerprint density at radius 1 is 1.17 bits per heavy atom. The second-order valence-corrected chi connectivity index (χ2v) is 8.70. The van der Waals surface area contributed by atoms with Crippen molar-refractivity contribution in [1.29, 1.82) is 0 Å². The molecule has 8 nitrogen and oxygen atoms in total. The SMILES string of the molecule is CC(C)(C)OC(=O)NCC1CCN(CC(=O)N(CCC(N)=O)c2ccccc2)CC1. The van der Waals surface area contributed by atoms with Gasteiger partial charge in [0.25, 0.3) is 0 Å². The van der Waals surface area contributed by atoms with Crippen molar-refractivity contribution in [3.8, 4) is 0 Å². The number of nitrogens with one attached hydrogen (secondary N) is 1. The number of rotatable bonds is 8. The van der Waals surface area contributed by atoms with E-state index in [2.05, 4.69) is 10.2 Å². The molecule has 0 aromatic heterocycles. The van der Waals surface area contributed by atoms with Crippen LogP contribution >= 0.6 is 0 Å². The average molecular weight is 419 g/mol. The van der Waals surface area contributed by atoms with Crippen molar-refractivity contribution in [1.82, 2.24) is 10.2 Å². The summed E-state index contributed by atoms with van der Waals surface area (Å²) >= 11 is 0. The van der Waals surface area contributed by atoms with E-state index < -0.39 is 17.6 Å². The highest BCUT2D eigenvalue weighted by Crippen LogP contribution is 2.19. The average Bonchev–Trinajstić information content (AvgIpc) is 2.67. The maximum Gasteiger partial charge on any atom is 0.407 e. The minimum atomic E-state index is -0.507. The summed E-state index contributed by atoms with van der Waals surface area (Å²) in [6, 6.07) is 9.32. The van der Waals surface area contributed by atoms with Crippen LogP contribution in [0.5, 0.6) is 0 Å². The summed E-state index contributed by atoms with van der Waals surface area (Å²) in [4.78, 5) is 39.7. The fourth-order valence-electron chi connectivity index (χ4n) is 3.39. The van der Waals surface area contributed by atoms with Crippen molar-refractivity contribution in [2.45, 2.75) is 45.6 Å². The van der Waals surface area contributed by atoms with Gasteiger partial charge >= 0.3 is 6.09 Å². The maximum atomic E-state index is 12.9. The Bertz CT molecular complexity index is 710. The van der Waals surface area contributed by atoms with Crippen molar-refractivity contribution in [2.75, 3.05) is 37.6 Å². The van der Waals surface area contributed by atoms with E-state index in [-0.39, 0.29) is 18.9 Å². The van der Waals surface area contributed by atoms with E-state index in [1.54, 1.807) is 4.90 Å². The zero-order valence-electron chi connectivity index (χ0n) is 18.2. The lowest BCUT2D eigenvalue weighted by atomic mass is 9.97. The fraction of sp³-hybridized carbons (Fsp3) is 0.591. The van der Waals surface area contributed by atoms with Crippen LogP contribution in [-0.2, 0) is 14.3 Å². The molecule has 1 aliphatic rings. The lowest BCUT2D eigenvalue weighted by molar-refractivity contribution is -0.120. The van der Waals surface area contributed by atoms with Gasteiger partial charge in [-0.1, -0.05) is 18.2 Å². The molecule has 0 bridgehead atoms. The third kappa shape index (κ3) is 8.41. The van der Waals surface area contributed by atoms with E-state index in [0.29, 0.717) is 19.0 Å². The lowest BCUT2D eigenvalue weighted by Gasteiger charge is -2.33. The number of likely N-dealkylation sites (tertiary alicyclic amines) is 1. The summed E-state index contributed by atoms with van der Waals surface area (Å²) in [5, 5.41) is 2.83. The molecule has 3 N–H and O–H groups in total. The third-order valence-electron chi connectivity index (χ3n) is 4.95. The number of ether oxygens (including phenoxy) is 1. The summed E-state index contributed by atoms with van der Waals surface area (Å²) in [5.74, 6) is -0.112. The molecule has 30 heavy (non-hydrogen) atoms. The van der Waals surface area contributed by atoms with Gasteiger partial charge in [0.1, 0.15) is 5.60 Å². The molecule has 0 radical (unpaired) electrons. The standard InChI is InChI=1S/C22H34N4O4/c1-22(2,3)30-21(29)24-15-17-9-12-25(13-10-17)16-20(28)26(14-11-19(23)27)18-7-5-4-6-8-18/h4-8,17H,9-16H2,1-3H3,(H2,23,27)(H,24,29). The molecule has 0 aliphatic carbocycles. The zero-order valence-corrected chi connectivity index (χ0v) is 18.2. The Kier molecular flexibility index (Phi) is 8.65.